The molecular weight excluding hydrogens is 272 g/mol. The molecule has 4 heteroatoms. The maximum absolute atomic E-state index is 11.5. The molecule has 1 atom stereocenters. The summed E-state index contributed by atoms with van der Waals surface area (Å²) in [6.07, 6.45) is 0. The highest BCUT2D eigenvalue weighted by Crippen LogP contribution is 2.35. The van der Waals surface area contributed by atoms with Crippen LogP contribution < -0.4 is 4.74 Å². The number of carbonyl (C=O) groups is 1. The first-order chi connectivity index (χ1) is 7.51. The van der Waals surface area contributed by atoms with Crippen LogP contribution in [0, 0.1) is 13.8 Å². The molecule has 0 aliphatic carbocycles. The van der Waals surface area contributed by atoms with Crippen molar-refractivity contribution in [1.82, 2.24) is 0 Å². The highest BCUT2D eigenvalue weighted by atomic mass is 79.9. The third kappa shape index (κ3) is 2.55. The Kier molecular flexibility index (Phi) is 4.35. The van der Waals surface area contributed by atoms with E-state index in [4.69, 9.17) is 9.47 Å². The van der Waals surface area contributed by atoms with E-state index in [1.807, 2.05) is 26.0 Å². The number of alkyl halides is 1. The van der Waals surface area contributed by atoms with Gasteiger partial charge in [-0.25, -0.2) is 0 Å². The number of benzene rings is 1. The molecule has 0 heterocycles. The van der Waals surface area contributed by atoms with Crippen molar-refractivity contribution in [1.29, 1.82) is 0 Å². The van der Waals surface area contributed by atoms with Crippen molar-refractivity contribution < 1.29 is 14.3 Å². The largest absolute Gasteiger partial charge is 0.496 e. The predicted molar refractivity (Wildman–Crippen MR) is 66.2 cm³/mol. The van der Waals surface area contributed by atoms with Gasteiger partial charge >= 0.3 is 5.97 Å². The minimum atomic E-state index is -0.494. The van der Waals surface area contributed by atoms with Crippen LogP contribution in [0.4, 0.5) is 0 Å². The third-order valence-corrected chi connectivity index (χ3v) is 3.20. The minimum Gasteiger partial charge on any atom is -0.496 e. The van der Waals surface area contributed by atoms with Gasteiger partial charge in [-0.2, -0.15) is 0 Å². The van der Waals surface area contributed by atoms with Gasteiger partial charge in [0.2, 0.25) is 0 Å². The smallest absolute Gasteiger partial charge is 0.324 e. The number of carbonyl (C=O) groups excluding carboxylic acids is 1. The Balaban J connectivity index is 3.25. The molecule has 88 valence electrons. The Hall–Kier alpha value is -1.03. The van der Waals surface area contributed by atoms with Gasteiger partial charge < -0.3 is 9.47 Å². The van der Waals surface area contributed by atoms with Crippen LogP contribution in [0.15, 0.2) is 12.1 Å². The monoisotopic (exact) mass is 286 g/mol. The van der Waals surface area contributed by atoms with Crippen molar-refractivity contribution in [2.24, 2.45) is 0 Å². The predicted octanol–water partition coefficient (Wildman–Crippen LogP) is 2.92. The average Bonchev–Trinajstić information content (AvgIpc) is 2.26. The summed E-state index contributed by atoms with van der Waals surface area (Å²) in [6, 6.07) is 3.93. The first-order valence-corrected chi connectivity index (χ1v) is 5.79. The van der Waals surface area contributed by atoms with E-state index in [0.29, 0.717) is 0 Å². The number of hydrogen-bond donors (Lipinski definition) is 0. The molecule has 0 fully saturated rings. The van der Waals surface area contributed by atoms with E-state index in [0.717, 1.165) is 22.4 Å². The van der Waals surface area contributed by atoms with Crippen LogP contribution in [0.25, 0.3) is 0 Å². The molecule has 0 aliphatic rings. The van der Waals surface area contributed by atoms with E-state index in [-0.39, 0.29) is 5.97 Å². The van der Waals surface area contributed by atoms with Gasteiger partial charge in [-0.05, 0) is 19.4 Å². The number of halogens is 1. The lowest BCUT2D eigenvalue weighted by Gasteiger charge is -2.15. The van der Waals surface area contributed by atoms with Crippen molar-refractivity contribution in [3.05, 3.63) is 28.8 Å². The fourth-order valence-electron chi connectivity index (χ4n) is 1.68. The van der Waals surface area contributed by atoms with Gasteiger partial charge in [0, 0.05) is 5.56 Å². The number of ether oxygens (including phenoxy) is 2. The molecule has 0 N–H and O–H groups in total. The standard InChI is InChI=1S/C12H15BrO3/c1-7-5-8(2)11(15-3)9(6-7)10(13)12(14)16-4/h5-6,10H,1-4H3. The Labute approximate surface area is 104 Å². The number of methoxy groups -OCH3 is 2. The fourth-order valence-corrected chi connectivity index (χ4v) is 2.21. The lowest BCUT2D eigenvalue weighted by molar-refractivity contribution is -0.139. The molecule has 0 spiro atoms. The van der Waals surface area contributed by atoms with Gasteiger partial charge in [-0.3, -0.25) is 4.79 Å². The SMILES string of the molecule is COC(=O)C(Br)c1cc(C)cc(C)c1OC. The summed E-state index contributed by atoms with van der Waals surface area (Å²) in [4.78, 5) is 11.0. The van der Waals surface area contributed by atoms with E-state index in [2.05, 4.69) is 15.9 Å². The first kappa shape index (κ1) is 13.0. The van der Waals surface area contributed by atoms with E-state index in [1.165, 1.54) is 7.11 Å². The van der Waals surface area contributed by atoms with Crippen molar-refractivity contribution in [3.63, 3.8) is 0 Å². The molecule has 0 aromatic heterocycles. The third-order valence-electron chi connectivity index (χ3n) is 2.33. The van der Waals surface area contributed by atoms with Gasteiger partial charge in [-0.15, -0.1) is 0 Å². The minimum absolute atomic E-state index is 0.330. The maximum Gasteiger partial charge on any atom is 0.324 e. The Morgan fingerprint density at radius 2 is 1.94 bits per heavy atom. The van der Waals surface area contributed by atoms with Crippen molar-refractivity contribution in [3.8, 4) is 5.75 Å². The summed E-state index contributed by atoms with van der Waals surface area (Å²) >= 11 is 3.32. The Bertz CT molecular complexity index is 401. The van der Waals surface area contributed by atoms with E-state index < -0.39 is 4.83 Å². The van der Waals surface area contributed by atoms with Crippen LogP contribution in [0.2, 0.25) is 0 Å². The number of esters is 1. The van der Waals surface area contributed by atoms with Crippen molar-refractivity contribution in [2.45, 2.75) is 18.7 Å². The van der Waals surface area contributed by atoms with Crippen LogP contribution in [-0.4, -0.2) is 20.2 Å². The average molecular weight is 287 g/mol. The van der Waals surface area contributed by atoms with Gasteiger partial charge in [0.1, 0.15) is 10.6 Å². The van der Waals surface area contributed by atoms with Gasteiger partial charge in [-0.1, -0.05) is 33.6 Å². The molecule has 0 aliphatic heterocycles. The van der Waals surface area contributed by atoms with Crippen LogP contribution >= 0.6 is 15.9 Å². The molecule has 1 aromatic carbocycles. The summed E-state index contributed by atoms with van der Waals surface area (Å²) in [5, 5.41) is 0. The summed E-state index contributed by atoms with van der Waals surface area (Å²) in [5.74, 6) is 0.390. The molecule has 16 heavy (non-hydrogen) atoms. The maximum atomic E-state index is 11.5. The second kappa shape index (κ2) is 5.34. The summed E-state index contributed by atoms with van der Waals surface area (Å²) in [7, 11) is 2.96. The quantitative estimate of drug-likeness (QED) is 0.633. The molecule has 1 unspecified atom stereocenters. The zero-order chi connectivity index (χ0) is 12.3. The zero-order valence-electron chi connectivity index (χ0n) is 9.83. The molecule has 0 saturated carbocycles. The topological polar surface area (TPSA) is 35.5 Å². The lowest BCUT2D eigenvalue weighted by atomic mass is 10.0. The second-order valence-electron chi connectivity index (χ2n) is 3.59. The summed E-state index contributed by atoms with van der Waals surface area (Å²) < 4.78 is 10.0. The fraction of sp³-hybridized carbons (Fsp3) is 0.417. The second-order valence-corrected chi connectivity index (χ2v) is 4.51. The van der Waals surface area contributed by atoms with E-state index >= 15 is 0 Å². The molecule has 1 rings (SSSR count). The molecule has 0 saturated heterocycles. The van der Waals surface area contributed by atoms with Crippen molar-refractivity contribution in [2.75, 3.05) is 14.2 Å². The normalized spacial score (nSPS) is 12.1. The Morgan fingerprint density at radius 3 is 2.44 bits per heavy atom. The number of rotatable bonds is 3. The summed E-state index contributed by atoms with van der Waals surface area (Å²) in [6.45, 7) is 3.93. The lowest BCUT2D eigenvalue weighted by Crippen LogP contribution is -2.10. The Morgan fingerprint density at radius 1 is 1.31 bits per heavy atom. The highest BCUT2D eigenvalue weighted by Gasteiger charge is 2.22. The van der Waals surface area contributed by atoms with Crippen LogP contribution in [-0.2, 0) is 9.53 Å². The van der Waals surface area contributed by atoms with E-state index in [1.54, 1.807) is 7.11 Å². The molecule has 3 nitrogen and oxygen atoms in total. The van der Waals surface area contributed by atoms with Crippen LogP contribution in [0.5, 0.6) is 5.75 Å². The molecule has 1 aromatic rings. The number of aryl methyl sites for hydroxylation is 2. The van der Waals surface area contributed by atoms with Crippen LogP contribution in [0.1, 0.15) is 21.5 Å². The van der Waals surface area contributed by atoms with E-state index in [9.17, 15) is 4.79 Å². The van der Waals surface area contributed by atoms with Crippen molar-refractivity contribution >= 4 is 21.9 Å². The first-order valence-electron chi connectivity index (χ1n) is 4.88. The zero-order valence-corrected chi connectivity index (χ0v) is 11.4. The molecular formula is C12H15BrO3. The summed E-state index contributed by atoms with van der Waals surface area (Å²) in [5.41, 5.74) is 2.89. The molecule has 0 bridgehead atoms. The number of hydrogen-bond acceptors (Lipinski definition) is 3. The van der Waals surface area contributed by atoms with Gasteiger partial charge in [0.15, 0.2) is 0 Å². The molecule has 0 amide bonds. The van der Waals surface area contributed by atoms with Crippen LogP contribution in [0.3, 0.4) is 0 Å². The van der Waals surface area contributed by atoms with Gasteiger partial charge in [0.25, 0.3) is 0 Å². The van der Waals surface area contributed by atoms with Gasteiger partial charge in [0.05, 0.1) is 14.2 Å². The highest BCUT2D eigenvalue weighted by molar-refractivity contribution is 9.09. The molecule has 0 radical (unpaired) electrons.